The van der Waals surface area contributed by atoms with Gasteiger partial charge in [0.15, 0.2) is 0 Å². The maximum absolute atomic E-state index is 12.2. The zero-order chi connectivity index (χ0) is 14.9. The van der Waals surface area contributed by atoms with E-state index in [0.29, 0.717) is 20.3 Å². The van der Waals surface area contributed by atoms with Crippen molar-refractivity contribution < 1.29 is 9.90 Å². The number of anilines is 2. The summed E-state index contributed by atoms with van der Waals surface area (Å²) in [6, 6.07) is 8.30. The molecular weight excluding hydrogens is 388 g/mol. The summed E-state index contributed by atoms with van der Waals surface area (Å²) in [6.45, 7) is 1.91. The number of halogens is 2. The summed E-state index contributed by atoms with van der Waals surface area (Å²) in [5.41, 5.74) is 8.01. The first-order valence-corrected chi connectivity index (χ1v) is 7.32. The van der Waals surface area contributed by atoms with E-state index in [9.17, 15) is 9.90 Å². The van der Waals surface area contributed by atoms with Gasteiger partial charge >= 0.3 is 0 Å². The third-order valence-electron chi connectivity index (χ3n) is 2.71. The Labute approximate surface area is 133 Å². The average molecular weight is 400 g/mol. The van der Waals surface area contributed by atoms with Gasteiger partial charge in [0.05, 0.1) is 16.9 Å². The molecule has 2 aromatic rings. The zero-order valence-electron chi connectivity index (χ0n) is 10.6. The van der Waals surface area contributed by atoms with Crippen molar-refractivity contribution in [3.05, 3.63) is 50.4 Å². The molecule has 20 heavy (non-hydrogen) atoms. The Morgan fingerprint density at radius 3 is 2.55 bits per heavy atom. The second-order valence-corrected chi connectivity index (χ2v) is 6.10. The molecule has 0 unspecified atom stereocenters. The molecule has 0 fully saturated rings. The minimum atomic E-state index is -0.425. The van der Waals surface area contributed by atoms with Crippen molar-refractivity contribution in [2.24, 2.45) is 0 Å². The topological polar surface area (TPSA) is 75.3 Å². The van der Waals surface area contributed by atoms with Gasteiger partial charge in [0.2, 0.25) is 0 Å². The van der Waals surface area contributed by atoms with Crippen LogP contribution in [0, 0.1) is 6.92 Å². The molecule has 0 spiro atoms. The summed E-state index contributed by atoms with van der Waals surface area (Å²) in [5.74, 6) is -0.523. The molecule has 0 saturated heterocycles. The molecule has 0 bridgehead atoms. The molecule has 4 nitrogen and oxygen atoms in total. The second-order valence-electron chi connectivity index (χ2n) is 4.33. The van der Waals surface area contributed by atoms with Gasteiger partial charge in [-0.05, 0) is 58.7 Å². The normalized spacial score (nSPS) is 10.3. The van der Waals surface area contributed by atoms with Gasteiger partial charge in [-0.1, -0.05) is 15.9 Å². The molecule has 0 aliphatic heterocycles. The van der Waals surface area contributed by atoms with Crippen LogP contribution < -0.4 is 11.1 Å². The Balaban J connectivity index is 2.33. The van der Waals surface area contributed by atoms with Gasteiger partial charge in [0, 0.05) is 8.95 Å². The lowest BCUT2D eigenvalue weighted by Crippen LogP contribution is -2.14. The molecule has 0 radical (unpaired) electrons. The number of aryl methyl sites for hydroxylation is 1. The molecule has 0 aliphatic carbocycles. The van der Waals surface area contributed by atoms with E-state index in [1.165, 1.54) is 12.1 Å². The fourth-order valence-corrected chi connectivity index (χ4v) is 2.82. The van der Waals surface area contributed by atoms with Gasteiger partial charge in [-0.3, -0.25) is 4.79 Å². The SMILES string of the molecule is Cc1cc(N)c(NC(=O)c2ccc(Br)cc2O)c(Br)c1. The monoisotopic (exact) mass is 398 g/mol. The molecule has 2 rings (SSSR count). The fraction of sp³-hybridized carbons (Fsp3) is 0.0714. The highest BCUT2D eigenvalue weighted by atomic mass is 79.9. The Kier molecular flexibility index (Phi) is 4.35. The van der Waals surface area contributed by atoms with Gasteiger partial charge in [0.25, 0.3) is 5.91 Å². The predicted molar refractivity (Wildman–Crippen MR) is 87.1 cm³/mol. The largest absolute Gasteiger partial charge is 0.507 e. The molecule has 1 amide bonds. The third kappa shape index (κ3) is 3.13. The van der Waals surface area contributed by atoms with Gasteiger partial charge in [0.1, 0.15) is 5.75 Å². The van der Waals surface area contributed by atoms with E-state index in [0.717, 1.165) is 5.56 Å². The van der Waals surface area contributed by atoms with Gasteiger partial charge < -0.3 is 16.2 Å². The zero-order valence-corrected chi connectivity index (χ0v) is 13.7. The van der Waals surface area contributed by atoms with E-state index in [4.69, 9.17) is 5.73 Å². The molecule has 0 atom stereocenters. The summed E-state index contributed by atoms with van der Waals surface area (Å²) >= 11 is 6.59. The number of phenolic OH excluding ortho intramolecular Hbond substituents is 1. The quantitative estimate of drug-likeness (QED) is 0.666. The lowest BCUT2D eigenvalue weighted by molar-refractivity contribution is 0.102. The highest BCUT2D eigenvalue weighted by Crippen LogP contribution is 2.31. The third-order valence-corrected chi connectivity index (χ3v) is 3.83. The van der Waals surface area contributed by atoms with Crippen molar-refractivity contribution in [3.8, 4) is 5.75 Å². The van der Waals surface area contributed by atoms with Crippen LogP contribution in [0.25, 0.3) is 0 Å². The number of nitrogens with two attached hydrogens (primary N) is 1. The van der Waals surface area contributed by atoms with Crippen LogP contribution in [0.3, 0.4) is 0 Å². The molecule has 0 heterocycles. The standard InChI is InChI=1S/C14H12Br2N2O2/c1-7-4-10(16)13(11(17)5-7)18-14(20)9-3-2-8(15)6-12(9)19/h2-6,19H,17H2,1H3,(H,18,20). The Morgan fingerprint density at radius 1 is 1.25 bits per heavy atom. The van der Waals surface area contributed by atoms with Crippen molar-refractivity contribution in [2.45, 2.75) is 6.92 Å². The van der Waals surface area contributed by atoms with Crippen LogP contribution >= 0.6 is 31.9 Å². The maximum Gasteiger partial charge on any atom is 0.259 e. The maximum atomic E-state index is 12.2. The highest BCUT2D eigenvalue weighted by Gasteiger charge is 2.14. The molecule has 104 valence electrons. The summed E-state index contributed by atoms with van der Waals surface area (Å²) in [5, 5.41) is 12.5. The number of benzene rings is 2. The van der Waals surface area contributed by atoms with Crippen LogP contribution in [-0.2, 0) is 0 Å². The fourth-order valence-electron chi connectivity index (χ4n) is 1.78. The lowest BCUT2D eigenvalue weighted by Gasteiger charge is -2.12. The average Bonchev–Trinajstić information content (AvgIpc) is 2.33. The van der Waals surface area contributed by atoms with Crippen LogP contribution in [0.1, 0.15) is 15.9 Å². The van der Waals surface area contributed by atoms with Crippen LogP contribution in [0.15, 0.2) is 39.3 Å². The number of carbonyl (C=O) groups is 1. The molecule has 0 saturated carbocycles. The summed E-state index contributed by atoms with van der Waals surface area (Å²) in [7, 11) is 0. The Hall–Kier alpha value is -1.53. The van der Waals surface area contributed by atoms with Crippen molar-refractivity contribution in [2.75, 3.05) is 11.1 Å². The predicted octanol–water partition coefficient (Wildman–Crippen LogP) is 4.06. The second kappa shape index (κ2) is 5.85. The first-order valence-electron chi connectivity index (χ1n) is 5.74. The van der Waals surface area contributed by atoms with Gasteiger partial charge in [-0.25, -0.2) is 0 Å². The first kappa shape index (κ1) is 14.9. The van der Waals surface area contributed by atoms with Gasteiger partial charge in [-0.15, -0.1) is 0 Å². The van der Waals surface area contributed by atoms with Crippen LogP contribution in [0.4, 0.5) is 11.4 Å². The Morgan fingerprint density at radius 2 is 1.95 bits per heavy atom. The number of amides is 1. The number of nitrogen functional groups attached to an aromatic ring is 1. The number of nitrogens with one attached hydrogen (secondary N) is 1. The molecule has 0 aliphatic rings. The number of aromatic hydroxyl groups is 1. The van der Waals surface area contributed by atoms with Gasteiger partial charge in [-0.2, -0.15) is 0 Å². The van der Waals surface area contributed by atoms with E-state index in [1.54, 1.807) is 12.1 Å². The summed E-state index contributed by atoms with van der Waals surface area (Å²) < 4.78 is 1.39. The minimum absolute atomic E-state index is 0.0984. The van der Waals surface area contributed by atoms with E-state index >= 15 is 0 Å². The Bertz CT molecular complexity index is 664. The van der Waals surface area contributed by atoms with Crippen molar-refractivity contribution in [1.82, 2.24) is 0 Å². The van der Waals surface area contributed by atoms with Crippen molar-refractivity contribution in [3.63, 3.8) is 0 Å². The number of carbonyl (C=O) groups excluding carboxylic acids is 1. The van der Waals surface area contributed by atoms with Crippen molar-refractivity contribution >= 4 is 49.1 Å². The van der Waals surface area contributed by atoms with Crippen LogP contribution in [-0.4, -0.2) is 11.0 Å². The molecule has 6 heteroatoms. The minimum Gasteiger partial charge on any atom is -0.507 e. The number of phenols is 1. The summed E-state index contributed by atoms with van der Waals surface area (Å²) in [6.07, 6.45) is 0. The molecular formula is C14H12Br2N2O2. The van der Waals surface area contributed by atoms with E-state index in [1.807, 2.05) is 13.0 Å². The number of hydrogen-bond acceptors (Lipinski definition) is 3. The number of rotatable bonds is 2. The van der Waals surface area contributed by atoms with Crippen LogP contribution in [0.5, 0.6) is 5.75 Å². The number of hydrogen-bond donors (Lipinski definition) is 3. The van der Waals surface area contributed by atoms with E-state index < -0.39 is 5.91 Å². The van der Waals surface area contributed by atoms with E-state index in [2.05, 4.69) is 37.2 Å². The smallest absolute Gasteiger partial charge is 0.259 e. The van der Waals surface area contributed by atoms with E-state index in [-0.39, 0.29) is 11.3 Å². The summed E-state index contributed by atoms with van der Waals surface area (Å²) in [4.78, 5) is 12.2. The lowest BCUT2D eigenvalue weighted by atomic mass is 10.1. The molecule has 0 aromatic heterocycles. The first-order chi connectivity index (χ1) is 9.38. The molecule has 2 aromatic carbocycles. The molecule has 4 N–H and O–H groups in total. The highest BCUT2D eigenvalue weighted by molar-refractivity contribution is 9.10. The van der Waals surface area contributed by atoms with Crippen molar-refractivity contribution in [1.29, 1.82) is 0 Å². The van der Waals surface area contributed by atoms with Crippen LogP contribution in [0.2, 0.25) is 0 Å².